The van der Waals surface area contributed by atoms with Gasteiger partial charge in [0.05, 0.1) is 11.0 Å². The Morgan fingerprint density at radius 2 is 1.70 bits per heavy atom. The van der Waals surface area contributed by atoms with Crippen molar-refractivity contribution >= 4 is 28.5 Å². The molecule has 1 aromatic heterocycles. The van der Waals surface area contributed by atoms with Crippen LogP contribution >= 0.6 is 0 Å². The minimum absolute atomic E-state index is 0.0948. The lowest BCUT2D eigenvalue weighted by Gasteiger charge is -2.55. The molecular formula is C27H30N4O2. The Kier molecular flexibility index (Phi) is 4.97. The summed E-state index contributed by atoms with van der Waals surface area (Å²) in [5.74, 6) is 3.08. The predicted octanol–water partition coefficient (Wildman–Crippen LogP) is 4.89. The highest BCUT2D eigenvalue weighted by atomic mass is 16.2. The van der Waals surface area contributed by atoms with Gasteiger partial charge >= 0.3 is 0 Å². The van der Waals surface area contributed by atoms with Crippen LogP contribution in [0.2, 0.25) is 0 Å². The average molecular weight is 443 g/mol. The number of fused-ring (bicyclic) bond motifs is 1. The van der Waals surface area contributed by atoms with Crippen LogP contribution in [0.4, 0.5) is 5.69 Å². The van der Waals surface area contributed by atoms with E-state index in [2.05, 4.69) is 20.6 Å². The molecule has 0 spiro atoms. The van der Waals surface area contributed by atoms with Crippen molar-refractivity contribution in [2.45, 2.75) is 44.9 Å². The van der Waals surface area contributed by atoms with Gasteiger partial charge in [-0.05, 0) is 80.5 Å². The number of benzene rings is 2. The third kappa shape index (κ3) is 3.92. The van der Waals surface area contributed by atoms with Crippen LogP contribution in [0.15, 0.2) is 48.5 Å². The zero-order chi connectivity index (χ0) is 22.4. The van der Waals surface area contributed by atoms with Crippen LogP contribution in [0.25, 0.3) is 22.4 Å². The Morgan fingerprint density at radius 3 is 2.42 bits per heavy atom. The molecule has 4 saturated carbocycles. The van der Waals surface area contributed by atoms with Crippen LogP contribution in [0.5, 0.6) is 0 Å². The van der Waals surface area contributed by atoms with E-state index in [1.165, 1.54) is 19.3 Å². The Balaban J connectivity index is 1.05. The SMILES string of the molecule is O=C(CCNC(=O)C12CC3CC(CC(C3)C1)C2)Nc1cccc(-c2nc3ccccc3[nH]2)c1. The van der Waals surface area contributed by atoms with Crippen molar-refractivity contribution in [1.82, 2.24) is 15.3 Å². The Bertz CT molecular complexity index is 1150. The lowest BCUT2D eigenvalue weighted by Crippen LogP contribution is -2.53. The number of nitrogens with one attached hydrogen (secondary N) is 3. The summed E-state index contributed by atoms with van der Waals surface area (Å²) in [5, 5.41) is 6.06. The number of aromatic amines is 1. The van der Waals surface area contributed by atoms with Gasteiger partial charge in [0.1, 0.15) is 5.82 Å². The molecule has 2 aromatic carbocycles. The van der Waals surface area contributed by atoms with Gasteiger partial charge in [0.25, 0.3) is 0 Å². The number of hydrogen-bond acceptors (Lipinski definition) is 3. The summed E-state index contributed by atoms with van der Waals surface area (Å²) in [5.41, 5.74) is 3.38. The number of rotatable bonds is 6. The highest BCUT2D eigenvalue weighted by Gasteiger charge is 2.54. The number of aromatic nitrogens is 2. The van der Waals surface area contributed by atoms with Crippen molar-refractivity contribution in [3.05, 3.63) is 48.5 Å². The van der Waals surface area contributed by atoms with Crippen LogP contribution in [-0.4, -0.2) is 28.3 Å². The molecule has 0 radical (unpaired) electrons. The van der Waals surface area contributed by atoms with Crippen molar-refractivity contribution < 1.29 is 9.59 Å². The van der Waals surface area contributed by atoms with E-state index in [1.54, 1.807) is 0 Å². The van der Waals surface area contributed by atoms with Crippen LogP contribution in [0.1, 0.15) is 44.9 Å². The minimum atomic E-state index is -0.161. The number of anilines is 1. The topological polar surface area (TPSA) is 86.9 Å². The van der Waals surface area contributed by atoms with E-state index in [9.17, 15) is 9.59 Å². The average Bonchev–Trinajstić information content (AvgIpc) is 3.23. The van der Waals surface area contributed by atoms with Crippen molar-refractivity contribution in [1.29, 1.82) is 0 Å². The summed E-state index contributed by atoms with van der Waals surface area (Å²) < 4.78 is 0. The third-order valence-electron chi connectivity index (χ3n) is 7.97. The van der Waals surface area contributed by atoms with Gasteiger partial charge in [-0.1, -0.05) is 24.3 Å². The fourth-order valence-electron chi connectivity index (χ4n) is 6.92. The first-order chi connectivity index (χ1) is 16.1. The van der Waals surface area contributed by atoms with Crippen molar-refractivity contribution in [3.8, 4) is 11.4 Å². The molecule has 0 aliphatic heterocycles. The number of hydrogen-bond donors (Lipinski definition) is 3. The largest absolute Gasteiger partial charge is 0.355 e. The number of H-pyrrole nitrogens is 1. The first kappa shape index (κ1) is 20.5. The molecule has 1 heterocycles. The van der Waals surface area contributed by atoms with Gasteiger partial charge in [-0.25, -0.2) is 4.98 Å². The monoisotopic (exact) mass is 442 g/mol. The molecular weight excluding hydrogens is 412 g/mol. The maximum Gasteiger partial charge on any atom is 0.226 e. The molecule has 0 saturated heterocycles. The maximum atomic E-state index is 13.1. The summed E-state index contributed by atoms with van der Waals surface area (Å²) >= 11 is 0. The molecule has 6 heteroatoms. The molecule has 4 bridgehead atoms. The summed E-state index contributed by atoms with van der Waals surface area (Å²) in [7, 11) is 0. The molecule has 3 aromatic rings. The van der Waals surface area contributed by atoms with Crippen molar-refractivity contribution in [2.75, 3.05) is 11.9 Å². The van der Waals surface area contributed by atoms with Gasteiger partial charge < -0.3 is 15.6 Å². The van der Waals surface area contributed by atoms with Crippen LogP contribution in [0.3, 0.4) is 0 Å². The number of carbonyl (C=O) groups excluding carboxylic acids is 2. The highest BCUT2D eigenvalue weighted by molar-refractivity contribution is 5.92. The zero-order valence-corrected chi connectivity index (χ0v) is 18.8. The summed E-state index contributed by atoms with van der Waals surface area (Å²) in [6, 6.07) is 15.6. The van der Waals surface area contributed by atoms with Crippen molar-refractivity contribution in [2.24, 2.45) is 23.2 Å². The number of carbonyl (C=O) groups is 2. The molecule has 6 nitrogen and oxygen atoms in total. The number of nitrogens with zero attached hydrogens (tertiary/aromatic N) is 1. The highest BCUT2D eigenvalue weighted by Crippen LogP contribution is 2.60. The molecule has 2 amide bonds. The quantitative estimate of drug-likeness (QED) is 0.508. The van der Waals surface area contributed by atoms with E-state index in [-0.39, 0.29) is 23.7 Å². The van der Waals surface area contributed by atoms with Gasteiger partial charge in [-0.3, -0.25) is 9.59 Å². The Hall–Kier alpha value is -3.15. The molecule has 33 heavy (non-hydrogen) atoms. The Labute approximate surface area is 193 Å². The summed E-state index contributed by atoms with van der Waals surface area (Å²) in [6.45, 7) is 0.385. The summed E-state index contributed by atoms with van der Waals surface area (Å²) in [6.07, 6.45) is 7.38. The molecule has 4 aliphatic carbocycles. The maximum absolute atomic E-state index is 13.1. The number of imidazole rings is 1. The Morgan fingerprint density at radius 1 is 0.970 bits per heavy atom. The van der Waals surface area contributed by atoms with Crippen LogP contribution in [0, 0.1) is 23.2 Å². The zero-order valence-electron chi connectivity index (χ0n) is 18.8. The first-order valence-electron chi connectivity index (χ1n) is 12.2. The first-order valence-corrected chi connectivity index (χ1v) is 12.2. The lowest BCUT2D eigenvalue weighted by molar-refractivity contribution is -0.146. The number of para-hydroxylation sites is 2. The molecule has 0 unspecified atom stereocenters. The van der Waals surface area contributed by atoms with Gasteiger partial charge in [0, 0.05) is 29.6 Å². The molecule has 0 atom stereocenters. The van der Waals surface area contributed by atoms with Crippen LogP contribution < -0.4 is 10.6 Å². The second-order valence-electron chi connectivity index (χ2n) is 10.4. The minimum Gasteiger partial charge on any atom is -0.355 e. The second kappa shape index (κ2) is 8.01. The molecule has 7 rings (SSSR count). The van der Waals surface area contributed by atoms with E-state index < -0.39 is 0 Å². The summed E-state index contributed by atoms with van der Waals surface area (Å²) in [4.78, 5) is 33.6. The molecule has 170 valence electrons. The van der Waals surface area contributed by atoms with E-state index in [0.29, 0.717) is 6.54 Å². The van der Waals surface area contributed by atoms with Crippen molar-refractivity contribution in [3.63, 3.8) is 0 Å². The normalized spacial score (nSPS) is 27.6. The van der Waals surface area contributed by atoms with E-state index >= 15 is 0 Å². The standard InChI is InChI=1S/C27H30N4O2/c32-24(8-9-28-26(33)27-14-17-10-18(15-27)12-19(11-17)16-27)29-21-5-3-4-20(13-21)25-30-22-6-1-2-7-23(22)31-25/h1-7,13,17-19H,8-12,14-16H2,(H,28,33)(H,29,32)(H,30,31). The fourth-order valence-corrected chi connectivity index (χ4v) is 6.92. The van der Waals surface area contributed by atoms with Gasteiger partial charge in [0.2, 0.25) is 11.8 Å². The fraction of sp³-hybridized carbons (Fsp3) is 0.444. The van der Waals surface area contributed by atoms with Gasteiger partial charge in [-0.2, -0.15) is 0 Å². The molecule has 4 aliphatic rings. The molecule has 3 N–H and O–H groups in total. The van der Waals surface area contributed by atoms with E-state index in [4.69, 9.17) is 0 Å². The predicted molar refractivity (Wildman–Crippen MR) is 128 cm³/mol. The van der Waals surface area contributed by atoms with E-state index in [1.807, 2.05) is 48.5 Å². The molecule has 4 fully saturated rings. The smallest absolute Gasteiger partial charge is 0.226 e. The van der Waals surface area contributed by atoms with Gasteiger partial charge in [-0.15, -0.1) is 0 Å². The van der Waals surface area contributed by atoms with Crippen LogP contribution in [-0.2, 0) is 9.59 Å². The third-order valence-corrected chi connectivity index (χ3v) is 7.97. The van der Waals surface area contributed by atoms with E-state index in [0.717, 1.165) is 65.1 Å². The van der Waals surface area contributed by atoms with Gasteiger partial charge in [0.15, 0.2) is 0 Å². The second-order valence-corrected chi connectivity index (χ2v) is 10.4. The number of amides is 2. The lowest BCUT2D eigenvalue weighted by atomic mass is 9.49.